The molecule has 1 aromatic rings. The van der Waals surface area contributed by atoms with Crippen LogP contribution in [0.15, 0.2) is 17.5 Å². The zero-order chi connectivity index (χ0) is 9.97. The zero-order valence-electron chi connectivity index (χ0n) is 7.40. The third-order valence-electron chi connectivity index (χ3n) is 2.07. The van der Waals surface area contributed by atoms with Crippen LogP contribution in [0, 0.1) is 0 Å². The molecule has 1 amide bonds. The van der Waals surface area contributed by atoms with Gasteiger partial charge in [0.05, 0.1) is 29.5 Å². The molecule has 1 aliphatic rings. The molecule has 76 valence electrons. The average Bonchev–Trinajstić information content (AvgIpc) is 2.77. The van der Waals surface area contributed by atoms with Gasteiger partial charge in [-0.1, -0.05) is 6.07 Å². The first-order valence-electron chi connectivity index (χ1n) is 4.33. The van der Waals surface area contributed by atoms with Crippen molar-refractivity contribution >= 4 is 28.8 Å². The molecule has 0 radical (unpaired) electrons. The van der Waals surface area contributed by atoms with Crippen LogP contribution >= 0.6 is 22.9 Å². The molecule has 2 heterocycles. The molecule has 0 aliphatic carbocycles. The molecule has 0 spiro atoms. The fraction of sp³-hybridized carbons (Fsp3) is 0.444. The van der Waals surface area contributed by atoms with E-state index in [1.165, 1.54) is 11.3 Å². The Bertz CT molecular complexity index is 315. The fourth-order valence-electron chi connectivity index (χ4n) is 1.31. The number of amides is 1. The summed E-state index contributed by atoms with van der Waals surface area (Å²) in [6, 6.07) is 3.58. The second-order valence-electron chi connectivity index (χ2n) is 3.11. The number of hydrogen-bond donors (Lipinski definition) is 1. The predicted octanol–water partition coefficient (Wildman–Crippen LogP) is 1.48. The van der Waals surface area contributed by atoms with E-state index in [0.717, 1.165) is 0 Å². The zero-order valence-corrected chi connectivity index (χ0v) is 8.98. The smallest absolute Gasteiger partial charge is 0.261 e. The van der Waals surface area contributed by atoms with E-state index >= 15 is 0 Å². The Hall–Kier alpha value is -0.580. The topological polar surface area (TPSA) is 38.3 Å². The van der Waals surface area contributed by atoms with Crippen molar-refractivity contribution in [2.75, 3.05) is 13.2 Å². The number of halogens is 1. The molecule has 1 fully saturated rings. The molecular formula is C9H10ClNO2S. The number of thiophene rings is 1. The van der Waals surface area contributed by atoms with E-state index in [4.69, 9.17) is 16.3 Å². The number of ether oxygens (including phenoxy) is 1. The molecule has 1 aromatic heterocycles. The summed E-state index contributed by atoms with van der Waals surface area (Å²) in [5.41, 5.74) is 0. The molecule has 14 heavy (non-hydrogen) atoms. The van der Waals surface area contributed by atoms with Crippen molar-refractivity contribution in [3.8, 4) is 0 Å². The van der Waals surface area contributed by atoms with E-state index in [2.05, 4.69) is 5.32 Å². The maximum absolute atomic E-state index is 11.6. The predicted molar refractivity (Wildman–Crippen MR) is 56.0 cm³/mol. The van der Waals surface area contributed by atoms with Gasteiger partial charge < -0.3 is 10.1 Å². The minimum atomic E-state index is -0.112. The number of hydrogen-bond acceptors (Lipinski definition) is 3. The number of nitrogens with one attached hydrogen (secondary N) is 1. The van der Waals surface area contributed by atoms with Crippen molar-refractivity contribution in [2.24, 2.45) is 0 Å². The van der Waals surface area contributed by atoms with E-state index in [9.17, 15) is 4.79 Å². The van der Waals surface area contributed by atoms with Crippen molar-refractivity contribution in [3.63, 3.8) is 0 Å². The first kappa shape index (κ1) is 9.96. The average molecular weight is 232 g/mol. The van der Waals surface area contributed by atoms with E-state index in [1.807, 2.05) is 11.4 Å². The van der Waals surface area contributed by atoms with Gasteiger partial charge in [-0.3, -0.25) is 4.79 Å². The molecule has 2 unspecified atom stereocenters. The Morgan fingerprint density at radius 1 is 1.64 bits per heavy atom. The molecule has 2 rings (SSSR count). The lowest BCUT2D eigenvalue weighted by molar-refractivity contribution is 0.0934. The molecule has 3 nitrogen and oxygen atoms in total. The lowest BCUT2D eigenvalue weighted by Crippen LogP contribution is -2.40. The summed E-state index contributed by atoms with van der Waals surface area (Å²) in [7, 11) is 0. The quantitative estimate of drug-likeness (QED) is 0.784. The molecule has 1 N–H and O–H groups in total. The molecule has 5 heteroatoms. The van der Waals surface area contributed by atoms with E-state index in [-0.39, 0.29) is 17.3 Å². The van der Waals surface area contributed by atoms with Gasteiger partial charge in [-0.15, -0.1) is 22.9 Å². The lowest BCUT2D eigenvalue weighted by Gasteiger charge is -2.12. The number of rotatable bonds is 2. The maximum Gasteiger partial charge on any atom is 0.261 e. The summed E-state index contributed by atoms with van der Waals surface area (Å²) < 4.78 is 5.14. The molecule has 1 saturated heterocycles. The minimum absolute atomic E-state index is 0.0636. The van der Waals surface area contributed by atoms with Gasteiger partial charge in [0.1, 0.15) is 0 Å². The highest BCUT2D eigenvalue weighted by Crippen LogP contribution is 2.14. The first-order valence-corrected chi connectivity index (χ1v) is 5.65. The van der Waals surface area contributed by atoms with Gasteiger partial charge in [-0.2, -0.15) is 0 Å². The van der Waals surface area contributed by atoms with Crippen LogP contribution < -0.4 is 5.32 Å². The first-order chi connectivity index (χ1) is 6.77. The fourth-order valence-corrected chi connectivity index (χ4v) is 2.16. The Morgan fingerprint density at radius 3 is 3.07 bits per heavy atom. The third kappa shape index (κ3) is 2.08. The third-order valence-corrected chi connectivity index (χ3v) is 3.37. The van der Waals surface area contributed by atoms with Crippen LogP contribution in [0.25, 0.3) is 0 Å². The molecule has 1 aliphatic heterocycles. The highest BCUT2D eigenvalue weighted by molar-refractivity contribution is 7.12. The van der Waals surface area contributed by atoms with Crippen molar-refractivity contribution < 1.29 is 9.53 Å². The highest BCUT2D eigenvalue weighted by atomic mass is 35.5. The second-order valence-corrected chi connectivity index (χ2v) is 4.62. The molecule has 2 atom stereocenters. The van der Waals surface area contributed by atoms with Crippen LogP contribution in [0.3, 0.4) is 0 Å². The number of alkyl halides is 1. The van der Waals surface area contributed by atoms with Gasteiger partial charge in [0.15, 0.2) is 0 Å². The van der Waals surface area contributed by atoms with Crippen LogP contribution in [-0.4, -0.2) is 30.5 Å². The monoisotopic (exact) mass is 231 g/mol. The molecular weight excluding hydrogens is 222 g/mol. The van der Waals surface area contributed by atoms with Gasteiger partial charge in [-0.25, -0.2) is 0 Å². The normalized spacial score (nSPS) is 26.4. The van der Waals surface area contributed by atoms with E-state index < -0.39 is 0 Å². The molecule has 0 bridgehead atoms. The highest BCUT2D eigenvalue weighted by Gasteiger charge is 2.27. The summed E-state index contributed by atoms with van der Waals surface area (Å²) in [5.74, 6) is -0.0684. The summed E-state index contributed by atoms with van der Waals surface area (Å²) in [6.07, 6.45) is 0. The largest absolute Gasteiger partial charge is 0.378 e. The summed E-state index contributed by atoms with van der Waals surface area (Å²) in [6.45, 7) is 1.02. The van der Waals surface area contributed by atoms with Crippen molar-refractivity contribution in [1.82, 2.24) is 5.32 Å². The maximum atomic E-state index is 11.6. The van der Waals surface area contributed by atoms with E-state index in [1.54, 1.807) is 6.07 Å². The Morgan fingerprint density at radius 2 is 2.50 bits per heavy atom. The van der Waals surface area contributed by atoms with Crippen LogP contribution in [0.1, 0.15) is 9.67 Å². The van der Waals surface area contributed by atoms with Gasteiger partial charge in [0.25, 0.3) is 5.91 Å². The van der Waals surface area contributed by atoms with Crippen LogP contribution in [0.2, 0.25) is 0 Å². The number of carbonyl (C=O) groups is 1. The van der Waals surface area contributed by atoms with Crippen LogP contribution in [0.4, 0.5) is 0 Å². The van der Waals surface area contributed by atoms with Crippen LogP contribution in [-0.2, 0) is 4.74 Å². The van der Waals surface area contributed by atoms with Crippen LogP contribution in [0.5, 0.6) is 0 Å². The summed E-state index contributed by atoms with van der Waals surface area (Å²) in [4.78, 5) is 12.3. The summed E-state index contributed by atoms with van der Waals surface area (Å²) >= 11 is 7.37. The second kappa shape index (κ2) is 4.29. The van der Waals surface area contributed by atoms with Gasteiger partial charge in [-0.05, 0) is 11.4 Å². The van der Waals surface area contributed by atoms with Gasteiger partial charge in [0, 0.05) is 0 Å². The Kier molecular flexibility index (Phi) is 3.05. The summed E-state index contributed by atoms with van der Waals surface area (Å²) in [5, 5.41) is 4.61. The van der Waals surface area contributed by atoms with Crippen molar-refractivity contribution in [1.29, 1.82) is 0 Å². The minimum Gasteiger partial charge on any atom is -0.378 e. The SMILES string of the molecule is O=C(NC1COCC1Cl)c1cccs1. The van der Waals surface area contributed by atoms with E-state index in [0.29, 0.717) is 18.1 Å². The standard InChI is InChI=1S/C9H10ClNO2S/c10-6-4-13-5-7(6)11-9(12)8-2-1-3-14-8/h1-3,6-7H,4-5H2,(H,11,12). The van der Waals surface area contributed by atoms with Crippen molar-refractivity contribution in [3.05, 3.63) is 22.4 Å². The molecule has 0 saturated carbocycles. The Labute approximate surface area is 91.0 Å². The van der Waals surface area contributed by atoms with Gasteiger partial charge in [0.2, 0.25) is 0 Å². The number of carbonyl (C=O) groups excluding carboxylic acids is 1. The Balaban J connectivity index is 1.95. The van der Waals surface area contributed by atoms with Crippen molar-refractivity contribution in [2.45, 2.75) is 11.4 Å². The molecule has 0 aromatic carbocycles. The van der Waals surface area contributed by atoms with Gasteiger partial charge >= 0.3 is 0 Å². The lowest BCUT2D eigenvalue weighted by atomic mass is 10.2.